The molecule has 1 unspecified atom stereocenters. The topological polar surface area (TPSA) is 97.0 Å². The highest BCUT2D eigenvalue weighted by Crippen LogP contribution is 2.18. The van der Waals surface area contributed by atoms with Crippen LogP contribution in [0.3, 0.4) is 0 Å². The summed E-state index contributed by atoms with van der Waals surface area (Å²) in [7, 11) is 0. The first-order valence-electron chi connectivity index (χ1n) is 10.6. The average Bonchev–Trinajstić information content (AvgIpc) is 2.69. The Morgan fingerprint density at radius 1 is 1.33 bits per heavy atom. The van der Waals surface area contributed by atoms with Gasteiger partial charge in [0.2, 0.25) is 11.8 Å². The number of carbonyl (C=O) groups excluding carboxylic acids is 3. The van der Waals surface area contributed by atoms with Crippen LogP contribution in [-0.4, -0.2) is 61.6 Å². The summed E-state index contributed by atoms with van der Waals surface area (Å²) >= 11 is 0. The van der Waals surface area contributed by atoms with Gasteiger partial charge in [0.05, 0.1) is 26.2 Å². The number of ether oxygens (including phenoxy) is 2. The van der Waals surface area contributed by atoms with Crippen molar-refractivity contribution in [3.63, 3.8) is 0 Å². The van der Waals surface area contributed by atoms with E-state index in [0.29, 0.717) is 37.7 Å². The Morgan fingerprint density at radius 3 is 2.87 bits per heavy atom. The zero-order valence-electron chi connectivity index (χ0n) is 18.1. The number of nitrogens with one attached hydrogen (secondary N) is 2. The molecule has 0 radical (unpaired) electrons. The average molecular weight is 420 g/mol. The van der Waals surface area contributed by atoms with Gasteiger partial charge in [0.1, 0.15) is 11.8 Å². The van der Waals surface area contributed by atoms with Gasteiger partial charge in [-0.25, -0.2) is 0 Å². The number of benzene rings is 1. The Bertz CT molecular complexity index is 722. The molecule has 0 spiro atoms. The van der Waals surface area contributed by atoms with Crippen molar-refractivity contribution in [1.82, 2.24) is 10.2 Å². The standard InChI is InChI=1S/C22H33N3O5/c1-4-5-11-29-18-8-6-7-17(12-18)24-20(26)14-25-10-9-23-22(28)19(25)13-21(27)30-15-16(2)3/h6-8,12,16,19H,4-5,9-11,13-15H2,1-3H3,(H,23,28)(H,24,26). The van der Waals surface area contributed by atoms with Crippen LogP contribution in [0.4, 0.5) is 5.69 Å². The Balaban J connectivity index is 1.92. The maximum Gasteiger partial charge on any atom is 0.307 e. The lowest BCUT2D eigenvalue weighted by Gasteiger charge is -2.33. The van der Waals surface area contributed by atoms with Crippen molar-refractivity contribution >= 4 is 23.5 Å². The first kappa shape index (κ1) is 23.7. The largest absolute Gasteiger partial charge is 0.494 e. The third-order valence-corrected chi connectivity index (χ3v) is 4.61. The third-order valence-electron chi connectivity index (χ3n) is 4.61. The molecule has 2 rings (SSSR count). The molecule has 1 saturated heterocycles. The lowest BCUT2D eigenvalue weighted by atomic mass is 10.1. The molecule has 1 aromatic rings. The van der Waals surface area contributed by atoms with E-state index in [1.165, 1.54) is 0 Å². The minimum absolute atomic E-state index is 0.0104. The van der Waals surface area contributed by atoms with Gasteiger partial charge >= 0.3 is 5.97 Å². The first-order chi connectivity index (χ1) is 14.4. The normalized spacial score (nSPS) is 16.8. The van der Waals surface area contributed by atoms with Crippen LogP contribution in [0.5, 0.6) is 5.75 Å². The highest BCUT2D eigenvalue weighted by atomic mass is 16.5. The van der Waals surface area contributed by atoms with Gasteiger partial charge in [-0.3, -0.25) is 19.3 Å². The zero-order chi connectivity index (χ0) is 21.9. The van der Waals surface area contributed by atoms with Crippen LogP contribution >= 0.6 is 0 Å². The Hall–Kier alpha value is -2.61. The summed E-state index contributed by atoms with van der Waals surface area (Å²) in [6, 6.07) is 6.51. The van der Waals surface area contributed by atoms with Gasteiger partial charge in [-0.15, -0.1) is 0 Å². The second kappa shape index (κ2) is 12.2. The number of rotatable bonds is 11. The second-order valence-electron chi connectivity index (χ2n) is 7.84. The molecule has 1 aliphatic heterocycles. The van der Waals surface area contributed by atoms with Gasteiger partial charge < -0.3 is 20.1 Å². The summed E-state index contributed by atoms with van der Waals surface area (Å²) < 4.78 is 10.9. The van der Waals surface area contributed by atoms with Crippen molar-refractivity contribution < 1.29 is 23.9 Å². The molecule has 1 aromatic carbocycles. The Morgan fingerprint density at radius 2 is 2.13 bits per heavy atom. The summed E-state index contributed by atoms with van der Waals surface area (Å²) in [4.78, 5) is 38.6. The fourth-order valence-corrected chi connectivity index (χ4v) is 3.03. The van der Waals surface area contributed by atoms with Crippen molar-refractivity contribution in [2.75, 3.05) is 38.2 Å². The number of amides is 2. The number of unbranched alkanes of at least 4 members (excludes halogenated alkanes) is 1. The first-order valence-corrected chi connectivity index (χ1v) is 10.6. The molecule has 2 amide bonds. The molecule has 0 bridgehead atoms. The molecular formula is C22H33N3O5. The third kappa shape index (κ3) is 8.02. The predicted octanol–water partition coefficient (Wildman–Crippen LogP) is 2.19. The fraction of sp³-hybridized carbons (Fsp3) is 0.591. The highest BCUT2D eigenvalue weighted by molar-refractivity contribution is 5.93. The maximum atomic E-state index is 12.6. The maximum absolute atomic E-state index is 12.6. The van der Waals surface area contributed by atoms with E-state index in [0.717, 1.165) is 12.8 Å². The highest BCUT2D eigenvalue weighted by Gasteiger charge is 2.33. The Labute approximate surface area is 178 Å². The van der Waals surface area contributed by atoms with Crippen molar-refractivity contribution in [3.8, 4) is 5.75 Å². The van der Waals surface area contributed by atoms with E-state index in [9.17, 15) is 14.4 Å². The van der Waals surface area contributed by atoms with Gasteiger partial charge in [-0.1, -0.05) is 33.3 Å². The summed E-state index contributed by atoms with van der Waals surface area (Å²) in [6.07, 6.45) is 1.94. The van der Waals surface area contributed by atoms with Gasteiger partial charge in [-0.05, 0) is 24.5 Å². The molecule has 8 nitrogen and oxygen atoms in total. The van der Waals surface area contributed by atoms with Crippen LogP contribution < -0.4 is 15.4 Å². The van der Waals surface area contributed by atoms with Crippen molar-refractivity contribution in [1.29, 1.82) is 0 Å². The van der Waals surface area contributed by atoms with E-state index in [-0.39, 0.29) is 30.7 Å². The van der Waals surface area contributed by atoms with E-state index in [1.54, 1.807) is 17.0 Å². The monoisotopic (exact) mass is 419 g/mol. The number of esters is 1. The van der Waals surface area contributed by atoms with Crippen molar-refractivity contribution in [2.24, 2.45) is 5.92 Å². The summed E-state index contributed by atoms with van der Waals surface area (Å²) in [6.45, 7) is 7.86. The molecule has 1 fully saturated rings. The molecule has 8 heteroatoms. The van der Waals surface area contributed by atoms with Crippen LogP contribution in [0.1, 0.15) is 40.0 Å². The fourth-order valence-electron chi connectivity index (χ4n) is 3.03. The lowest BCUT2D eigenvalue weighted by molar-refractivity contribution is -0.149. The Kier molecular flexibility index (Phi) is 9.60. The van der Waals surface area contributed by atoms with Gasteiger partial charge in [-0.2, -0.15) is 0 Å². The molecular weight excluding hydrogens is 386 g/mol. The van der Waals surface area contributed by atoms with Gasteiger partial charge in [0.25, 0.3) is 0 Å². The van der Waals surface area contributed by atoms with E-state index < -0.39 is 12.0 Å². The van der Waals surface area contributed by atoms with Crippen molar-refractivity contribution in [2.45, 2.75) is 46.1 Å². The van der Waals surface area contributed by atoms with E-state index in [2.05, 4.69) is 17.6 Å². The summed E-state index contributed by atoms with van der Waals surface area (Å²) in [5, 5.41) is 5.59. The predicted molar refractivity (Wildman–Crippen MR) is 114 cm³/mol. The van der Waals surface area contributed by atoms with E-state index >= 15 is 0 Å². The minimum Gasteiger partial charge on any atom is -0.494 e. The number of piperazine rings is 1. The number of anilines is 1. The van der Waals surface area contributed by atoms with Crippen LogP contribution in [0.15, 0.2) is 24.3 Å². The second-order valence-corrected chi connectivity index (χ2v) is 7.84. The van der Waals surface area contributed by atoms with Gasteiger partial charge in [0.15, 0.2) is 0 Å². The molecule has 166 valence electrons. The van der Waals surface area contributed by atoms with E-state index in [4.69, 9.17) is 9.47 Å². The molecule has 1 atom stereocenters. The molecule has 0 aromatic heterocycles. The molecule has 2 N–H and O–H groups in total. The van der Waals surface area contributed by atoms with Crippen LogP contribution in [-0.2, 0) is 19.1 Å². The molecule has 0 aliphatic carbocycles. The van der Waals surface area contributed by atoms with Crippen molar-refractivity contribution in [3.05, 3.63) is 24.3 Å². The molecule has 30 heavy (non-hydrogen) atoms. The minimum atomic E-state index is -0.715. The lowest BCUT2D eigenvalue weighted by Crippen LogP contribution is -2.57. The van der Waals surface area contributed by atoms with Gasteiger partial charge in [0, 0.05) is 24.8 Å². The summed E-state index contributed by atoms with van der Waals surface area (Å²) in [5.74, 6) is -0.0342. The van der Waals surface area contributed by atoms with Crippen LogP contribution in [0.2, 0.25) is 0 Å². The van der Waals surface area contributed by atoms with Crippen LogP contribution in [0.25, 0.3) is 0 Å². The summed E-state index contributed by atoms with van der Waals surface area (Å²) in [5.41, 5.74) is 0.628. The number of hydrogen-bond acceptors (Lipinski definition) is 6. The smallest absolute Gasteiger partial charge is 0.307 e. The van der Waals surface area contributed by atoms with E-state index in [1.807, 2.05) is 26.0 Å². The molecule has 1 heterocycles. The SMILES string of the molecule is CCCCOc1cccc(NC(=O)CN2CCNC(=O)C2CC(=O)OCC(C)C)c1. The number of carbonyl (C=O) groups is 3. The van der Waals surface area contributed by atoms with Crippen LogP contribution in [0, 0.1) is 5.92 Å². The zero-order valence-corrected chi connectivity index (χ0v) is 18.1. The quantitative estimate of drug-likeness (QED) is 0.422. The number of hydrogen-bond donors (Lipinski definition) is 2. The molecule has 1 aliphatic rings. The number of nitrogens with zero attached hydrogens (tertiary/aromatic N) is 1. The molecule has 0 saturated carbocycles.